The molecule has 1 N–H and O–H groups in total. The summed E-state index contributed by atoms with van der Waals surface area (Å²) < 4.78 is 63.0. The van der Waals surface area contributed by atoms with Crippen LogP contribution in [0.3, 0.4) is 0 Å². The van der Waals surface area contributed by atoms with Gasteiger partial charge in [-0.25, -0.2) is 16.8 Å². The number of methoxy groups -OCH3 is 1. The number of carbonyl (C=O) groups excluding carboxylic acids is 1. The minimum absolute atomic E-state index is 0.108. The van der Waals surface area contributed by atoms with Crippen LogP contribution in [0.5, 0.6) is 11.5 Å². The van der Waals surface area contributed by atoms with Gasteiger partial charge in [0.05, 0.1) is 35.5 Å². The maximum Gasteiger partial charge on any atom is 0.243 e. The summed E-state index contributed by atoms with van der Waals surface area (Å²) in [5.74, 6) is 0.305. The van der Waals surface area contributed by atoms with E-state index in [-0.39, 0.29) is 28.8 Å². The van der Waals surface area contributed by atoms with Crippen LogP contribution >= 0.6 is 11.6 Å². The van der Waals surface area contributed by atoms with E-state index >= 15 is 0 Å². The van der Waals surface area contributed by atoms with Gasteiger partial charge in [-0.3, -0.25) is 9.10 Å². The Bertz CT molecular complexity index is 1260. The van der Waals surface area contributed by atoms with E-state index in [4.69, 9.17) is 21.1 Å². The highest BCUT2D eigenvalue weighted by atomic mass is 35.5. The largest absolute Gasteiger partial charge is 0.495 e. The van der Waals surface area contributed by atoms with E-state index < -0.39 is 32.5 Å². The van der Waals surface area contributed by atoms with Crippen LogP contribution in [0.4, 0.5) is 5.69 Å². The quantitative estimate of drug-likeness (QED) is 0.420. The maximum atomic E-state index is 12.7. The Morgan fingerprint density at radius 1 is 1.06 bits per heavy atom. The number of benzene rings is 2. The number of rotatable bonds is 11. The molecule has 0 aliphatic carbocycles. The zero-order valence-corrected chi connectivity index (χ0v) is 22.5. The van der Waals surface area contributed by atoms with Gasteiger partial charge in [-0.05, 0) is 55.3 Å². The summed E-state index contributed by atoms with van der Waals surface area (Å²) in [5.41, 5.74) is 0.231. The SMILES string of the molecule is COc1ccc(N(CC(=O)NCCOc2ccc(S(=O)(=O)N3CCCCC3)cc2)S(C)(=O)=O)cc1Cl. The molecule has 0 spiro atoms. The second kappa shape index (κ2) is 12.1. The van der Waals surface area contributed by atoms with Gasteiger partial charge in [0.1, 0.15) is 24.7 Å². The third-order valence-corrected chi connectivity index (χ3v) is 8.93. The Kier molecular flexibility index (Phi) is 9.45. The van der Waals surface area contributed by atoms with Crippen LogP contribution in [0.2, 0.25) is 5.02 Å². The first-order valence-electron chi connectivity index (χ1n) is 11.3. The number of ether oxygens (including phenoxy) is 2. The molecular weight excluding hydrogens is 530 g/mol. The summed E-state index contributed by atoms with van der Waals surface area (Å²) in [6.45, 7) is 0.848. The normalized spacial score (nSPS) is 14.8. The Labute approximate surface area is 217 Å². The zero-order chi connectivity index (χ0) is 26.3. The maximum absolute atomic E-state index is 12.7. The van der Waals surface area contributed by atoms with E-state index in [9.17, 15) is 21.6 Å². The second-order valence-electron chi connectivity index (χ2n) is 8.22. The smallest absolute Gasteiger partial charge is 0.243 e. The first kappa shape index (κ1) is 28.0. The van der Waals surface area contributed by atoms with Crippen LogP contribution in [0.15, 0.2) is 47.4 Å². The van der Waals surface area contributed by atoms with Crippen molar-refractivity contribution in [3.63, 3.8) is 0 Å². The minimum atomic E-state index is -3.76. The summed E-state index contributed by atoms with van der Waals surface area (Å²) in [7, 11) is -5.83. The number of hydrogen-bond donors (Lipinski definition) is 1. The van der Waals surface area contributed by atoms with Crippen LogP contribution in [-0.4, -0.2) is 73.2 Å². The molecule has 36 heavy (non-hydrogen) atoms. The molecule has 0 aromatic heterocycles. The lowest BCUT2D eigenvalue weighted by molar-refractivity contribution is -0.119. The highest BCUT2D eigenvalue weighted by Gasteiger charge is 2.26. The number of carbonyl (C=O) groups is 1. The molecule has 1 aliphatic rings. The third-order valence-electron chi connectivity index (χ3n) is 5.58. The van der Waals surface area contributed by atoms with Gasteiger partial charge in [0, 0.05) is 13.1 Å². The molecule has 198 valence electrons. The van der Waals surface area contributed by atoms with Crippen LogP contribution in [0.25, 0.3) is 0 Å². The van der Waals surface area contributed by atoms with Gasteiger partial charge in [0.15, 0.2) is 0 Å². The third kappa shape index (κ3) is 7.25. The van der Waals surface area contributed by atoms with Gasteiger partial charge in [-0.15, -0.1) is 0 Å². The van der Waals surface area contributed by atoms with Crippen molar-refractivity contribution in [1.82, 2.24) is 9.62 Å². The molecule has 10 nitrogen and oxygen atoms in total. The van der Waals surface area contributed by atoms with Gasteiger partial charge in [-0.1, -0.05) is 18.0 Å². The van der Waals surface area contributed by atoms with Crippen molar-refractivity contribution in [3.8, 4) is 11.5 Å². The molecule has 0 saturated carbocycles. The summed E-state index contributed by atoms with van der Waals surface area (Å²) in [4.78, 5) is 12.6. The number of halogens is 1. The molecular formula is C23H30ClN3O7S2. The van der Waals surface area contributed by atoms with E-state index in [2.05, 4.69) is 5.32 Å². The molecule has 0 radical (unpaired) electrons. The van der Waals surface area contributed by atoms with E-state index in [0.29, 0.717) is 24.6 Å². The van der Waals surface area contributed by atoms with Crippen molar-refractivity contribution in [1.29, 1.82) is 0 Å². The molecule has 1 fully saturated rings. The summed E-state index contributed by atoms with van der Waals surface area (Å²) in [5, 5.41) is 2.83. The molecule has 1 aliphatic heterocycles. The molecule has 0 unspecified atom stereocenters. The molecule has 3 rings (SSSR count). The fourth-order valence-corrected chi connectivity index (χ4v) is 6.34. The highest BCUT2D eigenvalue weighted by molar-refractivity contribution is 7.92. The van der Waals surface area contributed by atoms with E-state index in [0.717, 1.165) is 29.8 Å². The molecule has 1 heterocycles. The topological polar surface area (TPSA) is 122 Å². The van der Waals surface area contributed by atoms with Crippen molar-refractivity contribution in [2.45, 2.75) is 24.2 Å². The Morgan fingerprint density at radius 3 is 2.31 bits per heavy atom. The second-order valence-corrected chi connectivity index (χ2v) is 12.5. The molecule has 0 bridgehead atoms. The van der Waals surface area contributed by atoms with Crippen molar-refractivity contribution in [2.24, 2.45) is 0 Å². The Hall–Kier alpha value is -2.54. The molecule has 2 aromatic rings. The summed E-state index contributed by atoms with van der Waals surface area (Å²) >= 11 is 6.10. The molecule has 0 atom stereocenters. The predicted octanol–water partition coefficient (Wildman–Crippen LogP) is 2.48. The van der Waals surface area contributed by atoms with Crippen molar-refractivity contribution in [2.75, 3.05) is 50.5 Å². The number of sulfonamides is 2. The molecule has 1 amide bonds. The minimum Gasteiger partial charge on any atom is -0.495 e. The Morgan fingerprint density at radius 2 is 1.72 bits per heavy atom. The zero-order valence-electron chi connectivity index (χ0n) is 20.1. The number of anilines is 1. The monoisotopic (exact) mass is 559 g/mol. The standard InChI is InChI=1S/C23H30ClN3O7S2/c1-33-22-11-6-18(16-21(22)24)27(35(2,29)30)17-23(28)25-12-15-34-19-7-9-20(10-8-19)36(31,32)26-13-4-3-5-14-26/h6-11,16H,3-5,12-15,17H2,1-2H3,(H,25,28). The van der Waals surface area contributed by atoms with Gasteiger partial charge < -0.3 is 14.8 Å². The van der Waals surface area contributed by atoms with Gasteiger partial charge >= 0.3 is 0 Å². The molecule has 2 aromatic carbocycles. The van der Waals surface area contributed by atoms with E-state index in [1.165, 1.54) is 41.7 Å². The fourth-order valence-electron chi connectivity index (χ4n) is 3.72. The van der Waals surface area contributed by atoms with E-state index in [1.807, 2.05) is 0 Å². The van der Waals surface area contributed by atoms with Crippen LogP contribution in [0, 0.1) is 0 Å². The predicted molar refractivity (Wildman–Crippen MR) is 138 cm³/mol. The van der Waals surface area contributed by atoms with Crippen molar-refractivity contribution in [3.05, 3.63) is 47.5 Å². The lowest BCUT2D eigenvalue weighted by Gasteiger charge is -2.25. The number of amides is 1. The average molecular weight is 560 g/mol. The number of nitrogens with one attached hydrogen (secondary N) is 1. The lowest BCUT2D eigenvalue weighted by atomic mass is 10.2. The van der Waals surface area contributed by atoms with Gasteiger partial charge in [-0.2, -0.15) is 4.31 Å². The first-order chi connectivity index (χ1) is 17.0. The first-order valence-corrected chi connectivity index (χ1v) is 15.0. The van der Waals surface area contributed by atoms with Crippen LogP contribution < -0.4 is 19.1 Å². The van der Waals surface area contributed by atoms with Crippen LogP contribution in [-0.2, 0) is 24.8 Å². The molecule has 13 heteroatoms. The van der Waals surface area contributed by atoms with Crippen molar-refractivity contribution < 1.29 is 31.1 Å². The summed E-state index contributed by atoms with van der Waals surface area (Å²) in [6, 6.07) is 10.6. The summed E-state index contributed by atoms with van der Waals surface area (Å²) in [6.07, 6.45) is 3.76. The van der Waals surface area contributed by atoms with Crippen LogP contribution in [0.1, 0.15) is 19.3 Å². The van der Waals surface area contributed by atoms with Gasteiger partial charge in [0.2, 0.25) is 26.0 Å². The number of hydrogen-bond acceptors (Lipinski definition) is 7. The lowest BCUT2D eigenvalue weighted by Crippen LogP contribution is -2.41. The molecule has 1 saturated heterocycles. The van der Waals surface area contributed by atoms with Crippen molar-refractivity contribution >= 4 is 43.2 Å². The Balaban J connectivity index is 1.51. The highest BCUT2D eigenvalue weighted by Crippen LogP contribution is 2.30. The number of piperidine rings is 1. The van der Waals surface area contributed by atoms with E-state index in [1.54, 1.807) is 12.1 Å². The fraction of sp³-hybridized carbons (Fsp3) is 0.435. The number of nitrogens with zero attached hydrogens (tertiary/aromatic N) is 2. The van der Waals surface area contributed by atoms with Gasteiger partial charge in [0.25, 0.3) is 0 Å². The average Bonchev–Trinajstić information content (AvgIpc) is 2.85.